The third-order valence-electron chi connectivity index (χ3n) is 5.88. The fraction of sp³-hybridized carbons (Fsp3) is 0.321. The summed E-state index contributed by atoms with van der Waals surface area (Å²) in [5.74, 6) is -4.88. The Bertz CT molecular complexity index is 1680. The number of aryl methyl sites for hydroxylation is 1. The van der Waals surface area contributed by atoms with Crippen molar-refractivity contribution < 1.29 is 18.4 Å². The molecule has 0 saturated heterocycles. The van der Waals surface area contributed by atoms with Crippen molar-refractivity contribution in [1.82, 2.24) is 40.3 Å². The van der Waals surface area contributed by atoms with E-state index in [4.69, 9.17) is 11.6 Å². The van der Waals surface area contributed by atoms with Crippen LogP contribution in [0.2, 0.25) is 5.02 Å². The average molecular weight is 598 g/mol. The molecule has 0 aliphatic carbocycles. The van der Waals surface area contributed by atoms with Crippen LogP contribution in [0, 0.1) is 6.92 Å². The van der Waals surface area contributed by atoms with Gasteiger partial charge in [0.2, 0.25) is 5.82 Å². The van der Waals surface area contributed by atoms with Gasteiger partial charge in [-0.2, -0.15) is 18.7 Å². The van der Waals surface area contributed by atoms with Crippen LogP contribution >= 0.6 is 11.6 Å². The minimum absolute atomic E-state index is 0.0114. The summed E-state index contributed by atoms with van der Waals surface area (Å²) in [5.41, 5.74) is 2.38. The maximum absolute atomic E-state index is 13.8. The predicted octanol–water partition coefficient (Wildman–Crippen LogP) is 5.19. The number of carbonyl (C=O) groups excluding carboxylic acids is 2. The summed E-state index contributed by atoms with van der Waals surface area (Å²) >= 11 is 6.38. The number of anilines is 1. The lowest BCUT2D eigenvalue weighted by atomic mass is 9.98. The lowest BCUT2D eigenvalue weighted by Crippen LogP contribution is -2.41. The lowest BCUT2D eigenvalue weighted by molar-refractivity contribution is 0.00737. The number of hydrogen-bond donors (Lipinski definition) is 2. The molecule has 0 radical (unpaired) electrons. The van der Waals surface area contributed by atoms with Gasteiger partial charge in [-0.1, -0.05) is 23.8 Å². The Morgan fingerprint density at radius 1 is 1.10 bits per heavy atom. The number of halogens is 3. The molecule has 0 saturated carbocycles. The first-order chi connectivity index (χ1) is 19.5. The first kappa shape index (κ1) is 30.4. The van der Waals surface area contributed by atoms with Crippen molar-refractivity contribution >= 4 is 34.7 Å². The zero-order chi connectivity index (χ0) is 31.0. The number of hydrogen-bond acceptors (Lipinski definition) is 7. The Balaban J connectivity index is 1.77. The zero-order valence-electron chi connectivity index (χ0n) is 24.0. The lowest BCUT2D eigenvalue weighted by Gasteiger charge is -2.23. The van der Waals surface area contributed by atoms with Gasteiger partial charge in [0.1, 0.15) is 12.2 Å². The van der Waals surface area contributed by atoms with Crippen molar-refractivity contribution in [2.45, 2.75) is 59.5 Å². The summed E-state index contributed by atoms with van der Waals surface area (Å²) < 4.78 is 28.5. The largest absolute Gasteiger partial charge is 0.347 e. The van der Waals surface area contributed by atoms with Crippen molar-refractivity contribution in [3.05, 3.63) is 82.0 Å². The standard InChI is InChI=1S/C28H30ClF2N9O2/c1-15(2)17-11-16(3)22(19(12-17)24(41)34-27(4,5)6)33-25(42)21-13-18(14-39-37-26(35-38-39)28(7,30)31)36-40(21)23-20(29)9-8-10-32-23/h8-13H,1,14H2,2-7H3,(H,33,42)(H,34,41). The maximum atomic E-state index is 13.8. The first-order valence-electron chi connectivity index (χ1n) is 12.8. The van der Waals surface area contributed by atoms with Crippen LogP contribution in [-0.2, 0) is 12.5 Å². The van der Waals surface area contributed by atoms with Crippen LogP contribution in [0.3, 0.4) is 0 Å². The molecule has 0 fully saturated rings. The second-order valence-electron chi connectivity index (χ2n) is 10.9. The number of alkyl halides is 2. The van der Waals surface area contributed by atoms with Crippen molar-refractivity contribution in [2.24, 2.45) is 0 Å². The molecule has 42 heavy (non-hydrogen) atoms. The van der Waals surface area contributed by atoms with Gasteiger partial charge in [0.05, 0.1) is 22.0 Å². The number of pyridine rings is 1. The smallest absolute Gasteiger partial charge is 0.307 e. The molecule has 3 aromatic heterocycles. The molecule has 14 heteroatoms. The molecule has 1 aromatic carbocycles. The highest BCUT2D eigenvalue weighted by molar-refractivity contribution is 6.32. The number of tetrazole rings is 1. The zero-order valence-corrected chi connectivity index (χ0v) is 24.7. The fourth-order valence-corrected chi connectivity index (χ4v) is 4.16. The Hall–Kier alpha value is -4.52. The van der Waals surface area contributed by atoms with Crippen LogP contribution in [0.4, 0.5) is 14.5 Å². The van der Waals surface area contributed by atoms with E-state index in [-0.39, 0.29) is 40.2 Å². The minimum atomic E-state index is -3.28. The van der Waals surface area contributed by atoms with Crippen molar-refractivity contribution in [3.8, 4) is 5.82 Å². The molecule has 0 spiro atoms. The number of benzene rings is 1. The minimum Gasteiger partial charge on any atom is -0.347 e. The normalized spacial score (nSPS) is 11.8. The summed E-state index contributed by atoms with van der Waals surface area (Å²) in [6.45, 7) is 13.6. The fourth-order valence-electron chi connectivity index (χ4n) is 3.96. The number of rotatable bonds is 8. The summed E-state index contributed by atoms with van der Waals surface area (Å²) in [4.78, 5) is 32.3. The van der Waals surface area contributed by atoms with E-state index in [1.54, 1.807) is 25.1 Å². The molecule has 4 aromatic rings. The summed E-state index contributed by atoms with van der Waals surface area (Å²) in [7, 11) is 0. The van der Waals surface area contributed by atoms with Crippen LogP contribution in [0.5, 0.6) is 0 Å². The Labute approximate surface area is 246 Å². The molecule has 0 atom stereocenters. The topological polar surface area (TPSA) is 133 Å². The van der Waals surface area contributed by atoms with Gasteiger partial charge in [-0.25, -0.2) is 9.67 Å². The molecule has 220 valence electrons. The number of nitrogens with zero attached hydrogens (tertiary/aromatic N) is 7. The molecular formula is C28H30ClF2N9O2. The van der Waals surface area contributed by atoms with Gasteiger partial charge in [-0.15, -0.1) is 10.2 Å². The highest BCUT2D eigenvalue weighted by atomic mass is 35.5. The third-order valence-corrected chi connectivity index (χ3v) is 6.18. The van der Waals surface area contributed by atoms with E-state index < -0.39 is 23.2 Å². The number of aromatic nitrogens is 7. The molecule has 3 heterocycles. The quantitative estimate of drug-likeness (QED) is 0.286. The highest BCUT2D eigenvalue weighted by Crippen LogP contribution is 2.28. The van der Waals surface area contributed by atoms with E-state index in [0.717, 1.165) is 15.9 Å². The predicted molar refractivity (Wildman–Crippen MR) is 154 cm³/mol. The first-order valence-corrected chi connectivity index (χ1v) is 13.2. The summed E-state index contributed by atoms with van der Waals surface area (Å²) in [6, 6.07) is 8.12. The Kier molecular flexibility index (Phi) is 8.26. The van der Waals surface area contributed by atoms with E-state index in [2.05, 4.69) is 42.7 Å². The third kappa shape index (κ3) is 6.85. The van der Waals surface area contributed by atoms with Gasteiger partial charge in [-0.3, -0.25) is 9.59 Å². The summed E-state index contributed by atoms with van der Waals surface area (Å²) in [5, 5.41) is 21.2. The molecule has 11 nitrogen and oxygen atoms in total. The number of amides is 2. The number of nitrogens with one attached hydrogen (secondary N) is 2. The Morgan fingerprint density at radius 3 is 2.40 bits per heavy atom. The van der Waals surface area contributed by atoms with Gasteiger partial charge in [0.25, 0.3) is 11.8 Å². The van der Waals surface area contributed by atoms with E-state index >= 15 is 0 Å². The molecule has 0 bridgehead atoms. The molecular weight excluding hydrogens is 568 g/mol. The Morgan fingerprint density at radius 2 is 1.81 bits per heavy atom. The van der Waals surface area contributed by atoms with E-state index in [1.165, 1.54) is 16.9 Å². The summed E-state index contributed by atoms with van der Waals surface area (Å²) in [6.07, 6.45) is 1.48. The van der Waals surface area contributed by atoms with Gasteiger partial charge >= 0.3 is 5.92 Å². The molecule has 2 amide bonds. The van der Waals surface area contributed by atoms with E-state index in [0.29, 0.717) is 18.2 Å². The molecule has 0 aliphatic heterocycles. The van der Waals surface area contributed by atoms with Crippen LogP contribution < -0.4 is 10.6 Å². The second-order valence-corrected chi connectivity index (χ2v) is 11.3. The monoisotopic (exact) mass is 597 g/mol. The maximum Gasteiger partial charge on any atom is 0.307 e. The van der Waals surface area contributed by atoms with Gasteiger partial charge < -0.3 is 10.6 Å². The molecule has 0 unspecified atom stereocenters. The van der Waals surface area contributed by atoms with Crippen LogP contribution in [0.25, 0.3) is 11.4 Å². The van der Waals surface area contributed by atoms with Crippen LogP contribution in [0.15, 0.2) is 43.1 Å². The van der Waals surface area contributed by atoms with E-state index in [9.17, 15) is 18.4 Å². The van der Waals surface area contributed by atoms with Crippen molar-refractivity contribution in [2.75, 3.05) is 5.32 Å². The number of allylic oxidation sites excluding steroid dienone is 1. The van der Waals surface area contributed by atoms with Crippen molar-refractivity contribution in [3.63, 3.8) is 0 Å². The van der Waals surface area contributed by atoms with Gasteiger partial charge in [0, 0.05) is 18.7 Å². The number of carbonyl (C=O) groups is 2. The highest BCUT2D eigenvalue weighted by Gasteiger charge is 2.31. The SMILES string of the molecule is C=C(C)c1cc(C)c(NC(=O)c2cc(Cn3nnc(C(C)(F)F)n3)nn2-c2ncccc2Cl)c(C(=O)NC(C)(C)C)c1. The average Bonchev–Trinajstić information content (AvgIpc) is 3.52. The molecule has 2 N–H and O–H groups in total. The van der Waals surface area contributed by atoms with Gasteiger partial charge in [0.15, 0.2) is 5.82 Å². The molecule has 0 aliphatic rings. The van der Waals surface area contributed by atoms with Crippen LogP contribution in [0.1, 0.15) is 78.1 Å². The van der Waals surface area contributed by atoms with E-state index in [1.807, 2.05) is 33.8 Å². The van der Waals surface area contributed by atoms with Gasteiger partial charge in [-0.05, 0) is 81.3 Å². The van der Waals surface area contributed by atoms with Crippen molar-refractivity contribution in [1.29, 1.82) is 0 Å². The molecule has 4 rings (SSSR count). The second kappa shape index (κ2) is 11.4. The van der Waals surface area contributed by atoms with Crippen LogP contribution in [-0.4, -0.2) is 52.3 Å².